The van der Waals surface area contributed by atoms with Gasteiger partial charge in [-0.15, -0.1) is 0 Å². The number of aromatic nitrogens is 4. The van der Waals surface area contributed by atoms with Gasteiger partial charge in [-0.25, -0.2) is 0 Å². The number of carbonyl (C=O) groups excluding carboxylic acids is 1. The van der Waals surface area contributed by atoms with Crippen molar-refractivity contribution in [2.75, 3.05) is 19.6 Å². The topological polar surface area (TPSA) is 67.2 Å². The van der Waals surface area contributed by atoms with Crippen LogP contribution in [0.3, 0.4) is 0 Å². The molecular weight excluding hydrogens is 364 g/mol. The fraction of sp³-hybridized carbons (Fsp3) is 0.636. The van der Waals surface area contributed by atoms with Gasteiger partial charge in [0.15, 0.2) is 0 Å². The molecule has 2 aliphatic rings. The molecule has 7 nitrogen and oxygen atoms in total. The Hall–Kier alpha value is -2.28. The molecule has 4 rings (SSSR count). The Morgan fingerprint density at radius 1 is 1.07 bits per heavy atom. The first-order chi connectivity index (χ1) is 13.8. The lowest BCUT2D eigenvalue weighted by atomic mass is 9.73. The van der Waals surface area contributed by atoms with Crippen LogP contribution in [0.15, 0.2) is 12.4 Å². The third-order valence-electron chi connectivity index (χ3n) is 6.72. The molecule has 29 heavy (non-hydrogen) atoms. The molecule has 2 saturated heterocycles. The third kappa shape index (κ3) is 4.20. The summed E-state index contributed by atoms with van der Waals surface area (Å²) in [5.41, 5.74) is 5.69. The van der Waals surface area contributed by atoms with E-state index in [1.165, 1.54) is 24.1 Å². The van der Waals surface area contributed by atoms with Crippen molar-refractivity contribution in [2.24, 2.45) is 12.5 Å². The molecule has 2 aliphatic heterocycles. The van der Waals surface area contributed by atoms with Crippen LogP contribution in [0.4, 0.5) is 0 Å². The lowest BCUT2D eigenvalue weighted by Gasteiger charge is -2.48. The second kappa shape index (κ2) is 7.86. The lowest BCUT2D eigenvalue weighted by Crippen LogP contribution is -2.53. The third-order valence-corrected chi connectivity index (χ3v) is 6.72. The van der Waals surface area contributed by atoms with Crippen molar-refractivity contribution in [1.29, 1.82) is 0 Å². The van der Waals surface area contributed by atoms with E-state index >= 15 is 0 Å². The minimum absolute atomic E-state index is 0.189. The fourth-order valence-corrected chi connectivity index (χ4v) is 4.99. The molecule has 0 bridgehead atoms. The number of amides is 1. The number of carbonyl (C=O) groups is 1. The standard InChI is InChI=1S/C22H32N6O/c1-16-10-24-19(11-23-16)12-28-15-22(8-6-21(28)29)7-5-9-27(14-22)13-20-17(2)25-26(4)18(20)3/h10-11H,5-9,12-15H2,1-4H3/t22-/m1/s1. The van der Waals surface area contributed by atoms with Crippen molar-refractivity contribution in [1.82, 2.24) is 29.5 Å². The van der Waals surface area contributed by atoms with Gasteiger partial charge < -0.3 is 4.90 Å². The number of hydrogen-bond acceptors (Lipinski definition) is 5. The second-order valence-electron chi connectivity index (χ2n) is 8.99. The molecule has 4 heterocycles. The van der Waals surface area contributed by atoms with Gasteiger partial charge in [-0.1, -0.05) is 0 Å². The summed E-state index contributed by atoms with van der Waals surface area (Å²) in [6.07, 6.45) is 7.58. The molecule has 2 aromatic rings. The van der Waals surface area contributed by atoms with E-state index in [4.69, 9.17) is 0 Å². The predicted molar refractivity (Wildman–Crippen MR) is 111 cm³/mol. The molecule has 0 radical (unpaired) electrons. The van der Waals surface area contributed by atoms with Gasteiger partial charge in [0.05, 0.1) is 29.8 Å². The van der Waals surface area contributed by atoms with Gasteiger partial charge in [0, 0.05) is 56.0 Å². The van der Waals surface area contributed by atoms with Gasteiger partial charge in [-0.3, -0.25) is 24.3 Å². The smallest absolute Gasteiger partial charge is 0.222 e. The molecule has 1 spiro atoms. The van der Waals surface area contributed by atoms with Crippen LogP contribution in [0.2, 0.25) is 0 Å². The van der Waals surface area contributed by atoms with E-state index in [2.05, 4.69) is 33.8 Å². The highest BCUT2D eigenvalue weighted by Crippen LogP contribution is 2.39. The van der Waals surface area contributed by atoms with Crippen LogP contribution in [0, 0.1) is 26.2 Å². The zero-order valence-corrected chi connectivity index (χ0v) is 18.1. The minimum atomic E-state index is 0.189. The Balaban J connectivity index is 1.46. The summed E-state index contributed by atoms with van der Waals surface area (Å²) >= 11 is 0. The highest BCUT2D eigenvalue weighted by Gasteiger charge is 2.41. The number of rotatable bonds is 4. The van der Waals surface area contributed by atoms with Crippen molar-refractivity contribution in [3.63, 3.8) is 0 Å². The zero-order valence-electron chi connectivity index (χ0n) is 18.1. The van der Waals surface area contributed by atoms with Gasteiger partial charge in [-0.2, -0.15) is 5.10 Å². The predicted octanol–water partition coefficient (Wildman–Crippen LogP) is 2.54. The molecule has 7 heteroatoms. The van der Waals surface area contributed by atoms with E-state index in [0.29, 0.717) is 13.0 Å². The average Bonchev–Trinajstić information content (AvgIpc) is 2.93. The van der Waals surface area contributed by atoms with E-state index in [1.54, 1.807) is 12.4 Å². The number of piperidine rings is 2. The van der Waals surface area contributed by atoms with Gasteiger partial charge in [-0.05, 0) is 46.6 Å². The Kier molecular flexibility index (Phi) is 5.42. The number of hydrogen-bond donors (Lipinski definition) is 0. The molecule has 0 N–H and O–H groups in total. The van der Waals surface area contributed by atoms with Crippen LogP contribution >= 0.6 is 0 Å². The van der Waals surface area contributed by atoms with Gasteiger partial charge in [0.1, 0.15) is 0 Å². The van der Waals surface area contributed by atoms with Crippen molar-refractivity contribution in [3.8, 4) is 0 Å². The fourth-order valence-electron chi connectivity index (χ4n) is 4.99. The summed E-state index contributed by atoms with van der Waals surface area (Å²) < 4.78 is 1.98. The Labute approximate surface area is 173 Å². The van der Waals surface area contributed by atoms with Crippen LogP contribution in [-0.4, -0.2) is 55.1 Å². The average molecular weight is 397 g/mol. The summed E-state index contributed by atoms with van der Waals surface area (Å²) in [6, 6.07) is 0. The zero-order chi connectivity index (χ0) is 20.6. The van der Waals surface area contributed by atoms with E-state index in [1.807, 2.05) is 23.6 Å². The van der Waals surface area contributed by atoms with E-state index < -0.39 is 0 Å². The molecule has 0 saturated carbocycles. The largest absolute Gasteiger partial charge is 0.336 e. The van der Waals surface area contributed by atoms with E-state index in [9.17, 15) is 4.79 Å². The first kappa shape index (κ1) is 20.0. The normalized spacial score (nSPS) is 23.2. The summed E-state index contributed by atoms with van der Waals surface area (Å²) in [6.45, 7) is 10.7. The maximum atomic E-state index is 12.6. The molecule has 0 aromatic carbocycles. The van der Waals surface area contributed by atoms with Crippen LogP contribution in [-0.2, 0) is 24.9 Å². The number of likely N-dealkylation sites (tertiary alicyclic amines) is 2. The van der Waals surface area contributed by atoms with Crippen molar-refractivity contribution in [3.05, 3.63) is 40.7 Å². The minimum Gasteiger partial charge on any atom is -0.336 e. The monoisotopic (exact) mass is 396 g/mol. The molecular formula is C22H32N6O. The van der Waals surface area contributed by atoms with E-state index in [0.717, 1.165) is 49.7 Å². The quantitative estimate of drug-likeness (QED) is 0.795. The van der Waals surface area contributed by atoms with Gasteiger partial charge >= 0.3 is 0 Å². The molecule has 1 amide bonds. The maximum Gasteiger partial charge on any atom is 0.222 e. The molecule has 0 aliphatic carbocycles. The van der Waals surface area contributed by atoms with Crippen LogP contribution in [0.1, 0.15) is 54.0 Å². The Morgan fingerprint density at radius 2 is 1.90 bits per heavy atom. The summed E-state index contributed by atoms with van der Waals surface area (Å²) in [7, 11) is 2.02. The SMILES string of the molecule is Cc1cnc(CN2C[C@]3(CCCN(Cc4c(C)nn(C)c4C)C3)CCC2=O)cn1. The van der Waals surface area contributed by atoms with Crippen LogP contribution in [0.5, 0.6) is 0 Å². The van der Waals surface area contributed by atoms with Gasteiger partial charge in [0.2, 0.25) is 5.91 Å². The maximum absolute atomic E-state index is 12.6. The molecule has 1 atom stereocenters. The molecule has 2 aromatic heterocycles. The summed E-state index contributed by atoms with van der Waals surface area (Å²) in [4.78, 5) is 26.0. The second-order valence-corrected chi connectivity index (χ2v) is 8.99. The Bertz CT molecular complexity index is 889. The van der Waals surface area contributed by atoms with Crippen molar-refractivity contribution < 1.29 is 4.79 Å². The van der Waals surface area contributed by atoms with Crippen molar-refractivity contribution >= 4 is 5.91 Å². The Morgan fingerprint density at radius 3 is 2.59 bits per heavy atom. The van der Waals surface area contributed by atoms with Crippen molar-refractivity contribution in [2.45, 2.75) is 59.5 Å². The van der Waals surface area contributed by atoms with Crippen LogP contribution < -0.4 is 0 Å². The first-order valence-corrected chi connectivity index (χ1v) is 10.6. The van der Waals surface area contributed by atoms with Crippen LogP contribution in [0.25, 0.3) is 0 Å². The first-order valence-electron chi connectivity index (χ1n) is 10.6. The summed E-state index contributed by atoms with van der Waals surface area (Å²) in [5, 5.41) is 4.58. The molecule has 2 fully saturated rings. The summed E-state index contributed by atoms with van der Waals surface area (Å²) in [5.74, 6) is 0.245. The van der Waals surface area contributed by atoms with E-state index in [-0.39, 0.29) is 11.3 Å². The highest BCUT2D eigenvalue weighted by molar-refractivity contribution is 5.77. The molecule has 156 valence electrons. The highest BCUT2D eigenvalue weighted by atomic mass is 16.2. The lowest BCUT2D eigenvalue weighted by molar-refractivity contribution is -0.140. The van der Waals surface area contributed by atoms with Gasteiger partial charge in [0.25, 0.3) is 0 Å². The number of nitrogens with zero attached hydrogens (tertiary/aromatic N) is 6. The number of aryl methyl sites for hydroxylation is 3. The molecule has 0 unspecified atom stereocenters.